The summed E-state index contributed by atoms with van der Waals surface area (Å²) < 4.78 is 0. The Bertz CT molecular complexity index is 135. The van der Waals surface area contributed by atoms with Crippen molar-refractivity contribution in [1.29, 1.82) is 0 Å². The van der Waals surface area contributed by atoms with E-state index in [1.807, 2.05) is 0 Å². The van der Waals surface area contributed by atoms with Gasteiger partial charge < -0.3 is 15.0 Å². The van der Waals surface area contributed by atoms with Gasteiger partial charge in [0.25, 0.3) is 0 Å². The summed E-state index contributed by atoms with van der Waals surface area (Å²) in [7, 11) is 0. The third-order valence-corrected chi connectivity index (χ3v) is 0.505. The number of hydrogen-bond donors (Lipinski definition) is 1. The number of carbonyl (C=O) groups is 2. The molecule has 44 valence electrons. The van der Waals surface area contributed by atoms with E-state index < -0.39 is 17.5 Å². The van der Waals surface area contributed by atoms with Gasteiger partial charge in [0.1, 0.15) is 0 Å². The molecule has 0 amide bonds. The molecule has 0 bridgehead atoms. The van der Waals surface area contributed by atoms with E-state index in [0.717, 1.165) is 0 Å². The molecule has 1 N–H and O–H groups in total. The minimum atomic E-state index is -1.75. The number of hydrogen-bond acceptors (Lipinski definition) is 3. The van der Waals surface area contributed by atoms with Crippen molar-refractivity contribution < 1.29 is 49.4 Å². The van der Waals surface area contributed by atoms with Gasteiger partial charge in [-0.2, -0.15) is 0 Å². The van der Waals surface area contributed by atoms with Crippen LogP contribution in [0.15, 0.2) is 12.2 Å². The van der Waals surface area contributed by atoms with Gasteiger partial charge in [0.2, 0.25) is 0 Å². The van der Waals surface area contributed by atoms with E-state index >= 15 is 0 Å². The topological polar surface area (TPSA) is 77.4 Å². The van der Waals surface area contributed by atoms with Crippen molar-refractivity contribution in [3.63, 3.8) is 0 Å². The number of carbonyl (C=O) groups excluding carboxylic acids is 1. The monoisotopic (exact) mass is 138 g/mol. The van der Waals surface area contributed by atoms with Crippen molar-refractivity contribution in [2.24, 2.45) is 0 Å². The molecule has 0 aliphatic carbocycles. The van der Waals surface area contributed by atoms with Crippen molar-refractivity contribution in [3.05, 3.63) is 12.2 Å². The fourth-order valence-electron chi connectivity index (χ4n) is 0.0873. The Labute approximate surface area is 73.5 Å². The first kappa shape index (κ1) is 11.5. The predicted octanol–water partition coefficient (Wildman–Crippen LogP) is -4.62. The summed E-state index contributed by atoms with van der Waals surface area (Å²) in [6, 6.07) is 0. The molecule has 0 atom stereocenters. The summed E-state index contributed by atoms with van der Waals surface area (Å²) in [5.41, 5.74) is -0.926. The molecule has 0 aromatic carbocycles. The average Bonchev–Trinajstić information content (AvgIpc) is 1.64. The molecule has 0 radical (unpaired) electrons. The Morgan fingerprint density at radius 1 is 1.44 bits per heavy atom. The molecule has 0 aromatic heterocycles. The zero-order valence-corrected chi connectivity index (χ0v) is 6.88. The molecule has 0 saturated carbocycles. The van der Waals surface area contributed by atoms with Gasteiger partial charge in [0.05, 0.1) is 11.5 Å². The van der Waals surface area contributed by atoms with Crippen LogP contribution in [0.4, 0.5) is 0 Å². The van der Waals surface area contributed by atoms with Crippen LogP contribution >= 0.6 is 0 Å². The molecule has 0 saturated heterocycles. The Hall–Kier alpha value is -0.320. The van der Waals surface area contributed by atoms with E-state index in [0.29, 0.717) is 0 Å². The maximum absolute atomic E-state index is 9.62. The van der Waals surface area contributed by atoms with Crippen LogP contribution in [0.5, 0.6) is 0 Å². The van der Waals surface area contributed by atoms with Gasteiger partial charge in [-0.05, 0) is 0 Å². The van der Waals surface area contributed by atoms with Gasteiger partial charge in [0.15, 0.2) is 0 Å². The normalized spacial score (nSPS) is 7.11. The summed E-state index contributed by atoms with van der Waals surface area (Å²) in [6.45, 7) is 2.69. The number of carboxylic acids is 2. The van der Waals surface area contributed by atoms with E-state index in [4.69, 9.17) is 5.11 Å². The molecule has 0 unspecified atom stereocenters. The Morgan fingerprint density at radius 3 is 1.78 bits per heavy atom. The molecule has 0 heterocycles. The van der Waals surface area contributed by atoms with E-state index in [9.17, 15) is 14.7 Å². The van der Waals surface area contributed by atoms with Crippen LogP contribution in [0.1, 0.15) is 0 Å². The predicted molar refractivity (Wildman–Crippen MR) is 21.8 cm³/mol. The molecule has 0 aliphatic rings. The molecule has 4 nitrogen and oxygen atoms in total. The molecule has 9 heavy (non-hydrogen) atoms. The van der Waals surface area contributed by atoms with Gasteiger partial charge in [0, 0.05) is 0 Å². The van der Waals surface area contributed by atoms with Crippen LogP contribution in [-0.4, -0.2) is 17.0 Å². The van der Waals surface area contributed by atoms with Gasteiger partial charge in [-0.3, -0.25) is 0 Å². The van der Waals surface area contributed by atoms with Crippen molar-refractivity contribution in [1.82, 2.24) is 0 Å². The van der Waals surface area contributed by atoms with Gasteiger partial charge in [-0.15, -0.1) is 0 Å². The van der Waals surface area contributed by atoms with Crippen LogP contribution in [0, 0.1) is 0 Å². The fourth-order valence-corrected chi connectivity index (χ4v) is 0.0873. The van der Waals surface area contributed by atoms with E-state index in [-0.39, 0.29) is 29.6 Å². The standard InChI is InChI=1S/C4H4O4.Na/c1-2(3(5)6)4(7)8;/h1H2,(H,5,6)(H,7,8);/q;+1/p-1. The first-order chi connectivity index (χ1) is 3.55. The average molecular weight is 138 g/mol. The Morgan fingerprint density at radius 2 is 1.78 bits per heavy atom. The zero-order chi connectivity index (χ0) is 6.73. The van der Waals surface area contributed by atoms with E-state index in [2.05, 4.69) is 6.58 Å². The van der Waals surface area contributed by atoms with Crippen LogP contribution in [-0.2, 0) is 9.59 Å². The summed E-state index contributed by atoms with van der Waals surface area (Å²) in [6.07, 6.45) is 0. The van der Waals surface area contributed by atoms with Crippen LogP contribution in [0.2, 0.25) is 0 Å². The molecule has 0 spiro atoms. The van der Waals surface area contributed by atoms with Gasteiger partial charge in [-0.25, -0.2) is 4.79 Å². The molecule has 0 aromatic rings. The number of rotatable bonds is 2. The quantitative estimate of drug-likeness (QED) is 0.180. The maximum atomic E-state index is 9.62. The Kier molecular flexibility index (Phi) is 5.80. The number of aliphatic carboxylic acids is 2. The maximum Gasteiger partial charge on any atom is 1.00 e. The Balaban J connectivity index is 0. The first-order valence-corrected chi connectivity index (χ1v) is 1.69. The largest absolute Gasteiger partial charge is 1.00 e. The molecule has 0 aliphatic heterocycles. The second kappa shape index (κ2) is 4.55. The van der Waals surface area contributed by atoms with Crippen molar-refractivity contribution in [2.45, 2.75) is 0 Å². The van der Waals surface area contributed by atoms with Gasteiger partial charge in [-0.1, -0.05) is 6.58 Å². The second-order valence-electron chi connectivity index (χ2n) is 1.07. The summed E-state index contributed by atoms with van der Waals surface area (Å²) in [5, 5.41) is 17.4. The smallest absolute Gasteiger partial charge is 0.545 e. The van der Waals surface area contributed by atoms with Crippen LogP contribution in [0.3, 0.4) is 0 Å². The second-order valence-corrected chi connectivity index (χ2v) is 1.07. The molecular weight excluding hydrogens is 135 g/mol. The van der Waals surface area contributed by atoms with Crippen molar-refractivity contribution in [3.8, 4) is 0 Å². The van der Waals surface area contributed by atoms with Crippen LogP contribution < -0.4 is 34.7 Å². The minimum Gasteiger partial charge on any atom is -0.545 e. The fraction of sp³-hybridized carbons (Fsp3) is 0. The van der Waals surface area contributed by atoms with E-state index in [1.54, 1.807) is 0 Å². The SMILES string of the molecule is C=C(C(=O)[O-])C(=O)O.[Na+]. The first-order valence-electron chi connectivity index (χ1n) is 1.69. The zero-order valence-electron chi connectivity index (χ0n) is 4.88. The van der Waals surface area contributed by atoms with Crippen LogP contribution in [0.25, 0.3) is 0 Å². The van der Waals surface area contributed by atoms with Gasteiger partial charge >= 0.3 is 35.5 Å². The van der Waals surface area contributed by atoms with Crippen molar-refractivity contribution >= 4 is 11.9 Å². The van der Waals surface area contributed by atoms with Crippen molar-refractivity contribution in [2.75, 3.05) is 0 Å². The molecule has 0 rings (SSSR count). The summed E-state index contributed by atoms with van der Waals surface area (Å²) >= 11 is 0. The number of carboxylic acid groups (broad SMARTS) is 2. The summed E-state index contributed by atoms with van der Waals surface area (Å²) in [5.74, 6) is -3.32. The van der Waals surface area contributed by atoms with E-state index in [1.165, 1.54) is 0 Å². The molecule has 5 heteroatoms. The third kappa shape index (κ3) is 4.20. The summed E-state index contributed by atoms with van der Waals surface area (Å²) in [4.78, 5) is 19.2. The minimum absolute atomic E-state index is 0. The third-order valence-electron chi connectivity index (χ3n) is 0.505. The molecule has 0 fully saturated rings. The molecular formula is C4H3NaO4.